The van der Waals surface area contributed by atoms with Crippen LogP contribution in [0.2, 0.25) is 0 Å². The standard InChI is InChI=1S/C23H26N4O5/c1-30-12-11-24-21(28)14-25-23(29)18-15-27(17-7-5-4-6-8-17)26-22(18)16-9-10-19(31-2)20(13-16)32-3/h4-10,13,15H,11-12,14H2,1-3H3,(H,24,28)(H,25,29). The zero-order valence-corrected chi connectivity index (χ0v) is 18.3. The fourth-order valence-corrected chi connectivity index (χ4v) is 3.06. The Hall–Kier alpha value is -3.85. The lowest BCUT2D eigenvalue weighted by atomic mass is 10.1. The average molecular weight is 438 g/mol. The van der Waals surface area contributed by atoms with E-state index in [1.165, 1.54) is 0 Å². The van der Waals surface area contributed by atoms with Crippen molar-refractivity contribution < 1.29 is 23.8 Å². The van der Waals surface area contributed by atoms with E-state index in [0.29, 0.717) is 41.5 Å². The summed E-state index contributed by atoms with van der Waals surface area (Å²) in [6, 6.07) is 14.7. The van der Waals surface area contributed by atoms with Crippen molar-refractivity contribution in [1.82, 2.24) is 20.4 Å². The Morgan fingerprint density at radius 2 is 1.72 bits per heavy atom. The molecule has 0 unspecified atom stereocenters. The Labute approximate surface area is 186 Å². The van der Waals surface area contributed by atoms with E-state index < -0.39 is 5.91 Å². The van der Waals surface area contributed by atoms with Crippen molar-refractivity contribution in [3.05, 3.63) is 60.3 Å². The van der Waals surface area contributed by atoms with Gasteiger partial charge >= 0.3 is 0 Å². The van der Waals surface area contributed by atoms with E-state index in [1.54, 1.807) is 50.4 Å². The number of nitrogens with zero attached hydrogens (tertiary/aromatic N) is 2. The van der Waals surface area contributed by atoms with Gasteiger partial charge in [0.05, 0.1) is 38.6 Å². The van der Waals surface area contributed by atoms with Gasteiger partial charge in [-0.2, -0.15) is 5.10 Å². The number of ether oxygens (including phenoxy) is 3. The summed E-state index contributed by atoms with van der Waals surface area (Å²) >= 11 is 0. The molecule has 0 aliphatic heterocycles. The summed E-state index contributed by atoms with van der Waals surface area (Å²) in [5.41, 5.74) is 2.25. The Bertz CT molecular complexity index is 1070. The lowest BCUT2D eigenvalue weighted by Gasteiger charge is -2.10. The number of amides is 2. The second-order valence-corrected chi connectivity index (χ2v) is 6.77. The molecule has 0 aliphatic rings. The van der Waals surface area contributed by atoms with Gasteiger partial charge in [-0.15, -0.1) is 0 Å². The molecule has 9 heteroatoms. The third kappa shape index (κ3) is 5.44. The summed E-state index contributed by atoms with van der Waals surface area (Å²) in [6.07, 6.45) is 1.64. The van der Waals surface area contributed by atoms with Crippen LogP contribution in [0.5, 0.6) is 11.5 Å². The first-order valence-corrected chi connectivity index (χ1v) is 9.98. The smallest absolute Gasteiger partial charge is 0.255 e. The molecular weight excluding hydrogens is 412 g/mol. The second-order valence-electron chi connectivity index (χ2n) is 6.77. The first-order chi connectivity index (χ1) is 15.6. The second kappa shape index (κ2) is 11.0. The normalized spacial score (nSPS) is 10.5. The highest BCUT2D eigenvalue weighted by molar-refractivity contribution is 6.01. The van der Waals surface area contributed by atoms with Crippen LogP contribution in [0, 0.1) is 0 Å². The third-order valence-electron chi connectivity index (χ3n) is 4.67. The van der Waals surface area contributed by atoms with Crippen molar-refractivity contribution in [2.75, 3.05) is 41.0 Å². The van der Waals surface area contributed by atoms with Crippen LogP contribution in [-0.4, -0.2) is 62.6 Å². The number of benzene rings is 2. The molecule has 0 spiro atoms. The van der Waals surface area contributed by atoms with Gasteiger partial charge in [-0.3, -0.25) is 9.59 Å². The Morgan fingerprint density at radius 3 is 2.41 bits per heavy atom. The van der Waals surface area contributed by atoms with Crippen molar-refractivity contribution in [3.8, 4) is 28.4 Å². The highest BCUT2D eigenvalue weighted by Gasteiger charge is 2.20. The van der Waals surface area contributed by atoms with E-state index in [1.807, 2.05) is 30.3 Å². The molecule has 0 aliphatic carbocycles. The van der Waals surface area contributed by atoms with Crippen molar-refractivity contribution in [2.24, 2.45) is 0 Å². The van der Waals surface area contributed by atoms with Crippen molar-refractivity contribution in [1.29, 1.82) is 0 Å². The molecule has 9 nitrogen and oxygen atoms in total. The molecule has 1 heterocycles. The molecule has 0 atom stereocenters. The maximum atomic E-state index is 13.0. The van der Waals surface area contributed by atoms with Crippen LogP contribution in [0.25, 0.3) is 16.9 Å². The molecule has 3 rings (SSSR count). The SMILES string of the molecule is COCCNC(=O)CNC(=O)c1cn(-c2ccccc2)nc1-c1ccc(OC)c(OC)c1. The van der Waals surface area contributed by atoms with E-state index in [4.69, 9.17) is 14.2 Å². The number of carbonyl (C=O) groups is 2. The quantitative estimate of drug-likeness (QED) is 0.470. The van der Waals surface area contributed by atoms with E-state index in [-0.39, 0.29) is 12.5 Å². The molecule has 0 saturated carbocycles. The van der Waals surface area contributed by atoms with E-state index in [9.17, 15) is 9.59 Å². The summed E-state index contributed by atoms with van der Waals surface area (Å²) in [5, 5.41) is 9.95. The maximum absolute atomic E-state index is 13.0. The lowest BCUT2D eigenvalue weighted by molar-refractivity contribution is -0.120. The van der Waals surface area contributed by atoms with Gasteiger partial charge in [0.2, 0.25) is 5.91 Å². The number of hydrogen-bond donors (Lipinski definition) is 2. The predicted molar refractivity (Wildman–Crippen MR) is 119 cm³/mol. The fourth-order valence-electron chi connectivity index (χ4n) is 3.06. The van der Waals surface area contributed by atoms with Crippen LogP contribution in [0.1, 0.15) is 10.4 Å². The zero-order chi connectivity index (χ0) is 22.9. The minimum absolute atomic E-state index is 0.162. The maximum Gasteiger partial charge on any atom is 0.255 e. The highest BCUT2D eigenvalue weighted by atomic mass is 16.5. The third-order valence-corrected chi connectivity index (χ3v) is 4.67. The highest BCUT2D eigenvalue weighted by Crippen LogP contribution is 2.33. The van der Waals surface area contributed by atoms with Gasteiger partial charge in [0.15, 0.2) is 11.5 Å². The van der Waals surface area contributed by atoms with Gasteiger partial charge < -0.3 is 24.8 Å². The number of rotatable bonds is 10. The van der Waals surface area contributed by atoms with Gasteiger partial charge in [0.25, 0.3) is 5.91 Å². The summed E-state index contributed by atoms with van der Waals surface area (Å²) in [5.74, 6) is 0.359. The van der Waals surface area contributed by atoms with Crippen LogP contribution < -0.4 is 20.1 Å². The molecule has 2 aromatic carbocycles. The Morgan fingerprint density at radius 1 is 0.969 bits per heavy atom. The first kappa shape index (κ1) is 22.8. The minimum Gasteiger partial charge on any atom is -0.493 e. The lowest BCUT2D eigenvalue weighted by Crippen LogP contribution is -2.38. The first-order valence-electron chi connectivity index (χ1n) is 9.98. The van der Waals surface area contributed by atoms with Gasteiger partial charge in [0.1, 0.15) is 5.69 Å². The monoisotopic (exact) mass is 438 g/mol. The molecule has 3 aromatic rings. The molecule has 32 heavy (non-hydrogen) atoms. The largest absolute Gasteiger partial charge is 0.493 e. The molecule has 0 fully saturated rings. The number of methoxy groups -OCH3 is 3. The molecule has 0 saturated heterocycles. The molecule has 2 N–H and O–H groups in total. The molecule has 1 aromatic heterocycles. The average Bonchev–Trinajstić information content (AvgIpc) is 3.28. The van der Waals surface area contributed by atoms with Crippen LogP contribution in [-0.2, 0) is 9.53 Å². The molecule has 0 radical (unpaired) electrons. The van der Waals surface area contributed by atoms with Crippen molar-refractivity contribution in [2.45, 2.75) is 0 Å². The summed E-state index contributed by atoms with van der Waals surface area (Å²) in [7, 11) is 4.65. The summed E-state index contributed by atoms with van der Waals surface area (Å²) < 4.78 is 17.2. The fraction of sp³-hybridized carbons (Fsp3) is 0.261. The Balaban J connectivity index is 1.91. The minimum atomic E-state index is -0.418. The van der Waals surface area contributed by atoms with Gasteiger partial charge in [0, 0.05) is 25.4 Å². The number of para-hydroxylation sites is 1. The van der Waals surface area contributed by atoms with Gasteiger partial charge in [-0.05, 0) is 30.3 Å². The van der Waals surface area contributed by atoms with Crippen LogP contribution in [0.3, 0.4) is 0 Å². The molecule has 0 bridgehead atoms. The number of carbonyl (C=O) groups excluding carboxylic acids is 2. The zero-order valence-electron chi connectivity index (χ0n) is 18.3. The summed E-state index contributed by atoms with van der Waals surface area (Å²) in [6.45, 7) is 0.603. The predicted octanol–water partition coefficient (Wildman–Crippen LogP) is 2.05. The van der Waals surface area contributed by atoms with Gasteiger partial charge in [-0.1, -0.05) is 18.2 Å². The Kier molecular flexibility index (Phi) is 7.82. The topological polar surface area (TPSA) is 104 Å². The number of nitrogens with one attached hydrogen (secondary N) is 2. The van der Waals surface area contributed by atoms with Gasteiger partial charge in [-0.25, -0.2) is 4.68 Å². The van der Waals surface area contributed by atoms with E-state index >= 15 is 0 Å². The van der Waals surface area contributed by atoms with Crippen molar-refractivity contribution in [3.63, 3.8) is 0 Å². The van der Waals surface area contributed by atoms with E-state index in [2.05, 4.69) is 15.7 Å². The number of aromatic nitrogens is 2. The van der Waals surface area contributed by atoms with E-state index in [0.717, 1.165) is 5.69 Å². The molecule has 168 valence electrons. The number of hydrogen-bond acceptors (Lipinski definition) is 6. The van der Waals surface area contributed by atoms with Crippen LogP contribution in [0.4, 0.5) is 0 Å². The van der Waals surface area contributed by atoms with Crippen LogP contribution >= 0.6 is 0 Å². The van der Waals surface area contributed by atoms with Crippen LogP contribution in [0.15, 0.2) is 54.7 Å². The molecular formula is C23H26N4O5. The molecule has 2 amide bonds. The summed E-state index contributed by atoms with van der Waals surface area (Å²) in [4.78, 5) is 24.9. The van der Waals surface area contributed by atoms with Crippen molar-refractivity contribution >= 4 is 11.8 Å².